The highest BCUT2D eigenvalue weighted by molar-refractivity contribution is 9.10. The zero-order chi connectivity index (χ0) is 11.8. The van der Waals surface area contributed by atoms with E-state index < -0.39 is 0 Å². The Hall–Kier alpha value is -0.520. The second-order valence-electron chi connectivity index (χ2n) is 4.00. The molecule has 1 aliphatic rings. The lowest BCUT2D eigenvalue weighted by molar-refractivity contribution is 0.0875. The van der Waals surface area contributed by atoms with Crippen LogP contribution in [0.3, 0.4) is 0 Å². The monoisotopic (exact) mass is 303 g/mol. The topological polar surface area (TPSA) is 21.3 Å². The number of benzene rings is 1. The summed E-state index contributed by atoms with van der Waals surface area (Å²) in [4.78, 5) is 0.675. The predicted octanol–water partition coefficient (Wildman–Crippen LogP) is 2.75. The molecule has 0 aromatic heterocycles. The van der Waals surface area contributed by atoms with E-state index in [0.29, 0.717) is 22.7 Å². The lowest BCUT2D eigenvalue weighted by Gasteiger charge is -2.36. The fourth-order valence-corrected chi connectivity index (χ4v) is 2.41. The Morgan fingerprint density at radius 1 is 1.56 bits per heavy atom. The van der Waals surface area contributed by atoms with Crippen LogP contribution in [0.2, 0.25) is 0 Å². The molecule has 1 N–H and O–H groups in total. The van der Waals surface area contributed by atoms with Gasteiger partial charge in [-0.15, -0.1) is 0 Å². The quantitative estimate of drug-likeness (QED) is 0.806. The number of hydrogen-bond acceptors (Lipinski definition) is 2. The molecule has 1 heterocycles. The standard InChI is InChI=1S/C11H11BrFNOS/c1-11(6-15-5-10(16)14-11)7-2-3-9(13)8(12)4-7/h2-4H,5-6H2,1H3,(H,14,16). The Balaban J connectivity index is 2.34. The highest BCUT2D eigenvalue weighted by Crippen LogP contribution is 2.27. The van der Waals surface area contributed by atoms with Gasteiger partial charge in [-0.2, -0.15) is 0 Å². The Kier molecular flexibility index (Phi) is 3.28. The summed E-state index contributed by atoms with van der Waals surface area (Å²) in [6.45, 7) is 2.95. The van der Waals surface area contributed by atoms with Gasteiger partial charge in [-0.25, -0.2) is 4.39 Å². The third-order valence-electron chi connectivity index (χ3n) is 2.60. The number of thiocarbonyl (C=S) groups is 1. The summed E-state index contributed by atoms with van der Waals surface area (Å²) in [5.41, 5.74) is 0.564. The van der Waals surface area contributed by atoms with Crippen molar-refractivity contribution in [1.29, 1.82) is 0 Å². The van der Waals surface area contributed by atoms with Gasteiger partial charge in [-0.3, -0.25) is 0 Å². The minimum Gasteiger partial charge on any atom is -0.372 e. The minimum atomic E-state index is -0.383. The van der Waals surface area contributed by atoms with E-state index in [9.17, 15) is 4.39 Å². The molecular formula is C11H11BrFNOS. The normalized spacial score (nSPS) is 25.3. The molecule has 16 heavy (non-hydrogen) atoms. The summed E-state index contributed by atoms with van der Waals surface area (Å²) in [6.07, 6.45) is 0. The number of nitrogens with one attached hydrogen (secondary N) is 1. The SMILES string of the molecule is CC1(c2ccc(F)c(Br)c2)COCC(=S)N1. The zero-order valence-corrected chi connectivity index (χ0v) is 11.1. The number of rotatable bonds is 1. The molecule has 1 unspecified atom stereocenters. The van der Waals surface area contributed by atoms with Crippen molar-refractivity contribution in [1.82, 2.24) is 5.32 Å². The smallest absolute Gasteiger partial charge is 0.137 e. The molecule has 0 amide bonds. The van der Waals surface area contributed by atoms with Crippen molar-refractivity contribution in [2.45, 2.75) is 12.5 Å². The van der Waals surface area contributed by atoms with Gasteiger partial charge in [0.1, 0.15) is 10.8 Å². The zero-order valence-electron chi connectivity index (χ0n) is 8.72. The van der Waals surface area contributed by atoms with Crippen LogP contribution in [0, 0.1) is 5.82 Å². The fraction of sp³-hybridized carbons (Fsp3) is 0.364. The average molecular weight is 304 g/mol. The average Bonchev–Trinajstić information content (AvgIpc) is 2.21. The number of halogens is 2. The molecule has 2 nitrogen and oxygen atoms in total. The summed E-state index contributed by atoms with van der Waals surface area (Å²) >= 11 is 8.27. The minimum absolute atomic E-state index is 0.272. The summed E-state index contributed by atoms with van der Waals surface area (Å²) < 4.78 is 19.0. The van der Waals surface area contributed by atoms with Crippen LogP contribution in [0.25, 0.3) is 0 Å². The van der Waals surface area contributed by atoms with E-state index in [2.05, 4.69) is 21.2 Å². The maximum absolute atomic E-state index is 13.1. The van der Waals surface area contributed by atoms with Crippen LogP contribution < -0.4 is 5.32 Å². The van der Waals surface area contributed by atoms with Gasteiger partial charge in [0, 0.05) is 0 Å². The van der Waals surface area contributed by atoms with Gasteiger partial charge in [0.05, 0.1) is 23.2 Å². The molecule has 0 spiro atoms. The Morgan fingerprint density at radius 3 is 2.94 bits per heavy atom. The molecule has 1 saturated heterocycles. The molecule has 86 valence electrons. The summed E-state index contributed by atoms with van der Waals surface area (Å²) in [7, 11) is 0. The Morgan fingerprint density at radius 2 is 2.31 bits per heavy atom. The number of ether oxygens (including phenoxy) is 1. The first-order chi connectivity index (χ1) is 7.51. The molecule has 2 rings (SSSR count). The Labute approximate surface area is 107 Å². The largest absolute Gasteiger partial charge is 0.372 e. The van der Waals surface area contributed by atoms with Crippen molar-refractivity contribution in [2.24, 2.45) is 0 Å². The maximum Gasteiger partial charge on any atom is 0.137 e. The van der Waals surface area contributed by atoms with E-state index in [-0.39, 0.29) is 11.4 Å². The molecule has 0 saturated carbocycles. The molecular weight excluding hydrogens is 293 g/mol. The van der Waals surface area contributed by atoms with Gasteiger partial charge in [0.25, 0.3) is 0 Å². The van der Waals surface area contributed by atoms with Crippen LogP contribution >= 0.6 is 28.1 Å². The molecule has 0 aliphatic carbocycles. The molecule has 0 bridgehead atoms. The lowest BCUT2D eigenvalue weighted by atomic mass is 9.92. The van der Waals surface area contributed by atoms with E-state index in [1.165, 1.54) is 6.07 Å². The summed E-state index contributed by atoms with van der Waals surface area (Å²) in [5, 5.41) is 3.22. The van der Waals surface area contributed by atoms with Crippen molar-refractivity contribution < 1.29 is 9.13 Å². The maximum atomic E-state index is 13.1. The molecule has 1 fully saturated rings. The molecule has 1 aromatic rings. The van der Waals surface area contributed by atoms with E-state index >= 15 is 0 Å². The molecule has 1 atom stereocenters. The van der Waals surface area contributed by atoms with Gasteiger partial charge >= 0.3 is 0 Å². The van der Waals surface area contributed by atoms with Crippen molar-refractivity contribution in [3.63, 3.8) is 0 Å². The van der Waals surface area contributed by atoms with Crippen LogP contribution in [-0.2, 0) is 10.3 Å². The first-order valence-electron chi connectivity index (χ1n) is 4.85. The van der Waals surface area contributed by atoms with Gasteiger partial charge in [-0.1, -0.05) is 18.3 Å². The van der Waals surface area contributed by atoms with Crippen LogP contribution in [0.15, 0.2) is 22.7 Å². The third kappa shape index (κ3) is 2.26. The first kappa shape index (κ1) is 12.0. The van der Waals surface area contributed by atoms with E-state index in [0.717, 1.165) is 5.56 Å². The Bertz CT molecular complexity index is 440. The van der Waals surface area contributed by atoms with Crippen molar-refractivity contribution in [2.75, 3.05) is 13.2 Å². The van der Waals surface area contributed by atoms with Crippen molar-refractivity contribution in [3.05, 3.63) is 34.1 Å². The van der Waals surface area contributed by atoms with Gasteiger partial charge < -0.3 is 10.1 Å². The van der Waals surface area contributed by atoms with Crippen LogP contribution in [-0.4, -0.2) is 18.2 Å². The summed E-state index contributed by atoms with van der Waals surface area (Å²) in [5.74, 6) is -0.272. The first-order valence-corrected chi connectivity index (χ1v) is 6.06. The predicted molar refractivity (Wildman–Crippen MR) is 68.0 cm³/mol. The highest BCUT2D eigenvalue weighted by atomic mass is 79.9. The second kappa shape index (κ2) is 4.39. The van der Waals surface area contributed by atoms with Gasteiger partial charge in [0.15, 0.2) is 0 Å². The van der Waals surface area contributed by atoms with Crippen molar-refractivity contribution in [3.8, 4) is 0 Å². The number of hydrogen-bond donors (Lipinski definition) is 1. The second-order valence-corrected chi connectivity index (χ2v) is 5.35. The van der Waals surface area contributed by atoms with Gasteiger partial charge in [0.2, 0.25) is 0 Å². The number of morpholine rings is 1. The van der Waals surface area contributed by atoms with Crippen LogP contribution in [0.5, 0.6) is 0 Å². The fourth-order valence-electron chi connectivity index (χ4n) is 1.72. The van der Waals surface area contributed by atoms with Crippen LogP contribution in [0.1, 0.15) is 12.5 Å². The van der Waals surface area contributed by atoms with E-state index in [4.69, 9.17) is 17.0 Å². The van der Waals surface area contributed by atoms with E-state index in [1.54, 1.807) is 12.1 Å². The van der Waals surface area contributed by atoms with Gasteiger partial charge in [-0.05, 0) is 40.5 Å². The highest BCUT2D eigenvalue weighted by Gasteiger charge is 2.31. The van der Waals surface area contributed by atoms with Crippen molar-refractivity contribution >= 4 is 33.1 Å². The summed E-state index contributed by atoms with van der Waals surface area (Å²) in [6, 6.07) is 4.92. The van der Waals surface area contributed by atoms with Crippen LogP contribution in [0.4, 0.5) is 4.39 Å². The lowest BCUT2D eigenvalue weighted by Crippen LogP contribution is -2.52. The molecule has 5 heteroatoms. The van der Waals surface area contributed by atoms with E-state index in [1.807, 2.05) is 6.92 Å². The molecule has 0 radical (unpaired) electrons. The molecule has 1 aliphatic heterocycles. The molecule has 1 aromatic carbocycles. The third-order valence-corrected chi connectivity index (χ3v) is 3.42.